The SMILES string of the molecule is CCC1CC1C(CC)C(C)CC(C)C. The standard InChI is InChI=1S/C14H28/c1-6-12-9-14(12)13(7-2)11(5)8-10(3)4/h10-14H,6-9H2,1-5H3. The summed E-state index contributed by atoms with van der Waals surface area (Å²) in [7, 11) is 0. The van der Waals surface area contributed by atoms with Crippen LogP contribution in [0.1, 0.15) is 60.3 Å². The minimum atomic E-state index is 0.873. The van der Waals surface area contributed by atoms with Gasteiger partial charge in [0, 0.05) is 0 Å². The summed E-state index contributed by atoms with van der Waals surface area (Å²) in [4.78, 5) is 0. The normalized spacial score (nSPS) is 30.4. The molecule has 0 saturated heterocycles. The summed E-state index contributed by atoms with van der Waals surface area (Å²) in [5.74, 6) is 5.00. The molecule has 0 nitrogen and oxygen atoms in total. The monoisotopic (exact) mass is 196 g/mol. The maximum absolute atomic E-state index is 2.47. The van der Waals surface area contributed by atoms with Crippen molar-refractivity contribution in [3.8, 4) is 0 Å². The van der Waals surface area contributed by atoms with Crippen molar-refractivity contribution in [1.29, 1.82) is 0 Å². The third kappa shape index (κ3) is 3.00. The summed E-state index contributed by atoms with van der Waals surface area (Å²) in [6, 6.07) is 0. The lowest BCUT2D eigenvalue weighted by Gasteiger charge is -2.24. The van der Waals surface area contributed by atoms with Gasteiger partial charge in [0.15, 0.2) is 0 Å². The van der Waals surface area contributed by atoms with E-state index >= 15 is 0 Å². The van der Waals surface area contributed by atoms with E-state index in [0.29, 0.717) is 0 Å². The summed E-state index contributed by atoms with van der Waals surface area (Å²) < 4.78 is 0. The quantitative estimate of drug-likeness (QED) is 0.575. The Labute approximate surface area is 90.5 Å². The highest BCUT2D eigenvalue weighted by atomic mass is 14.5. The van der Waals surface area contributed by atoms with E-state index in [1.165, 1.54) is 25.7 Å². The molecule has 0 radical (unpaired) electrons. The van der Waals surface area contributed by atoms with Crippen LogP contribution in [0.5, 0.6) is 0 Å². The van der Waals surface area contributed by atoms with Gasteiger partial charge < -0.3 is 0 Å². The van der Waals surface area contributed by atoms with Crippen LogP contribution in [0.4, 0.5) is 0 Å². The van der Waals surface area contributed by atoms with Gasteiger partial charge in [0.05, 0.1) is 0 Å². The Morgan fingerprint density at radius 2 is 1.79 bits per heavy atom. The Kier molecular flexibility index (Phi) is 4.47. The highest BCUT2D eigenvalue weighted by Gasteiger charge is 2.42. The second-order valence-corrected chi connectivity index (χ2v) is 5.75. The first kappa shape index (κ1) is 12.1. The highest BCUT2D eigenvalue weighted by Crippen LogP contribution is 2.50. The van der Waals surface area contributed by atoms with Crippen LogP contribution in [0.2, 0.25) is 0 Å². The van der Waals surface area contributed by atoms with Gasteiger partial charge in [-0.25, -0.2) is 0 Å². The molecule has 1 aliphatic carbocycles. The van der Waals surface area contributed by atoms with Crippen LogP contribution in [0.25, 0.3) is 0 Å². The molecule has 0 aliphatic heterocycles. The van der Waals surface area contributed by atoms with Crippen molar-refractivity contribution >= 4 is 0 Å². The Bertz CT molecular complexity index is 159. The molecule has 0 N–H and O–H groups in total. The van der Waals surface area contributed by atoms with Gasteiger partial charge >= 0.3 is 0 Å². The van der Waals surface area contributed by atoms with E-state index in [-0.39, 0.29) is 0 Å². The zero-order chi connectivity index (χ0) is 10.7. The zero-order valence-corrected chi connectivity index (χ0v) is 10.7. The Balaban J connectivity index is 2.38. The Morgan fingerprint density at radius 3 is 2.14 bits per heavy atom. The lowest BCUT2D eigenvalue weighted by molar-refractivity contribution is 0.255. The van der Waals surface area contributed by atoms with E-state index in [1.54, 1.807) is 0 Å². The fraction of sp³-hybridized carbons (Fsp3) is 1.00. The van der Waals surface area contributed by atoms with Crippen molar-refractivity contribution in [2.24, 2.45) is 29.6 Å². The Hall–Kier alpha value is 0. The van der Waals surface area contributed by atoms with Gasteiger partial charge in [-0.05, 0) is 42.4 Å². The van der Waals surface area contributed by atoms with Gasteiger partial charge in [0.25, 0.3) is 0 Å². The molecular formula is C14H28. The van der Waals surface area contributed by atoms with Crippen molar-refractivity contribution < 1.29 is 0 Å². The largest absolute Gasteiger partial charge is 0.0651 e. The first-order valence-electron chi connectivity index (χ1n) is 6.60. The fourth-order valence-corrected chi connectivity index (χ4v) is 3.31. The predicted octanol–water partition coefficient (Wildman–Crippen LogP) is 4.74. The van der Waals surface area contributed by atoms with Gasteiger partial charge in [-0.2, -0.15) is 0 Å². The van der Waals surface area contributed by atoms with Crippen molar-refractivity contribution in [1.82, 2.24) is 0 Å². The zero-order valence-electron chi connectivity index (χ0n) is 10.7. The average molecular weight is 196 g/mol. The van der Waals surface area contributed by atoms with E-state index in [2.05, 4.69) is 34.6 Å². The predicted molar refractivity (Wildman–Crippen MR) is 64.3 cm³/mol. The van der Waals surface area contributed by atoms with Crippen LogP contribution in [0.3, 0.4) is 0 Å². The first-order chi connectivity index (χ1) is 6.60. The molecule has 1 aliphatic rings. The topological polar surface area (TPSA) is 0 Å². The van der Waals surface area contributed by atoms with E-state index in [0.717, 1.165) is 29.6 Å². The first-order valence-corrected chi connectivity index (χ1v) is 6.60. The minimum Gasteiger partial charge on any atom is -0.0651 e. The summed E-state index contributed by atoms with van der Waals surface area (Å²) >= 11 is 0. The van der Waals surface area contributed by atoms with Crippen LogP contribution in [0.15, 0.2) is 0 Å². The van der Waals surface area contributed by atoms with Gasteiger partial charge in [-0.1, -0.05) is 47.5 Å². The van der Waals surface area contributed by atoms with Crippen molar-refractivity contribution in [3.63, 3.8) is 0 Å². The van der Waals surface area contributed by atoms with Crippen molar-refractivity contribution in [3.05, 3.63) is 0 Å². The molecule has 0 heterocycles. The summed E-state index contributed by atoms with van der Waals surface area (Å²) in [5, 5.41) is 0. The molecule has 0 aromatic carbocycles. The summed E-state index contributed by atoms with van der Waals surface area (Å²) in [5.41, 5.74) is 0. The van der Waals surface area contributed by atoms with Crippen LogP contribution in [0, 0.1) is 29.6 Å². The summed E-state index contributed by atoms with van der Waals surface area (Å²) in [6.07, 6.45) is 5.76. The van der Waals surface area contributed by atoms with Gasteiger partial charge in [-0.15, -0.1) is 0 Å². The maximum atomic E-state index is 2.47. The summed E-state index contributed by atoms with van der Waals surface area (Å²) in [6.45, 7) is 11.9. The number of rotatable bonds is 6. The van der Waals surface area contributed by atoms with E-state index in [9.17, 15) is 0 Å². The molecule has 0 amide bonds. The fourth-order valence-electron chi connectivity index (χ4n) is 3.31. The van der Waals surface area contributed by atoms with Gasteiger partial charge in [-0.3, -0.25) is 0 Å². The molecular weight excluding hydrogens is 168 g/mol. The molecule has 0 spiro atoms. The Morgan fingerprint density at radius 1 is 1.14 bits per heavy atom. The lowest BCUT2D eigenvalue weighted by Crippen LogP contribution is -2.16. The maximum Gasteiger partial charge on any atom is -0.0352 e. The molecule has 4 atom stereocenters. The highest BCUT2D eigenvalue weighted by molar-refractivity contribution is 4.91. The number of hydrogen-bond acceptors (Lipinski definition) is 0. The van der Waals surface area contributed by atoms with Crippen molar-refractivity contribution in [2.75, 3.05) is 0 Å². The van der Waals surface area contributed by atoms with E-state index in [1.807, 2.05) is 0 Å². The van der Waals surface area contributed by atoms with E-state index < -0.39 is 0 Å². The molecule has 0 aromatic rings. The second kappa shape index (κ2) is 5.19. The van der Waals surface area contributed by atoms with Crippen LogP contribution >= 0.6 is 0 Å². The van der Waals surface area contributed by atoms with E-state index in [4.69, 9.17) is 0 Å². The molecule has 4 unspecified atom stereocenters. The molecule has 0 bridgehead atoms. The molecule has 1 saturated carbocycles. The molecule has 1 fully saturated rings. The van der Waals surface area contributed by atoms with Crippen LogP contribution in [-0.4, -0.2) is 0 Å². The molecule has 0 aromatic heterocycles. The van der Waals surface area contributed by atoms with Gasteiger partial charge in [0.2, 0.25) is 0 Å². The smallest absolute Gasteiger partial charge is 0.0352 e. The van der Waals surface area contributed by atoms with Crippen molar-refractivity contribution in [2.45, 2.75) is 60.3 Å². The third-order valence-electron chi connectivity index (χ3n) is 4.10. The third-order valence-corrected chi connectivity index (χ3v) is 4.10. The average Bonchev–Trinajstić information content (AvgIpc) is 2.83. The molecule has 1 rings (SSSR count). The minimum absolute atomic E-state index is 0.873. The number of hydrogen-bond donors (Lipinski definition) is 0. The van der Waals surface area contributed by atoms with Gasteiger partial charge in [0.1, 0.15) is 0 Å². The molecule has 14 heavy (non-hydrogen) atoms. The van der Waals surface area contributed by atoms with Crippen LogP contribution < -0.4 is 0 Å². The second-order valence-electron chi connectivity index (χ2n) is 5.75. The van der Waals surface area contributed by atoms with Crippen LogP contribution in [-0.2, 0) is 0 Å². The lowest BCUT2D eigenvalue weighted by atomic mass is 9.81. The molecule has 0 heteroatoms. The molecule has 84 valence electrons.